The molecule has 3 heterocycles. The lowest BCUT2D eigenvalue weighted by atomic mass is 10.1. The van der Waals surface area contributed by atoms with Crippen molar-refractivity contribution < 1.29 is 22.3 Å². The summed E-state index contributed by atoms with van der Waals surface area (Å²) in [5.74, 6) is -8.05. The maximum atomic E-state index is 13.8. The zero-order chi connectivity index (χ0) is 26.4. The van der Waals surface area contributed by atoms with E-state index in [2.05, 4.69) is 10.2 Å². The Morgan fingerprint density at radius 2 is 1.68 bits per heavy atom. The average Bonchev–Trinajstić information content (AvgIpc) is 3.46. The molecule has 5 rings (SSSR count). The quantitative estimate of drug-likeness (QED) is 0.349. The molecule has 11 heteroatoms. The highest BCUT2D eigenvalue weighted by molar-refractivity contribution is 5.62. The minimum Gasteiger partial charge on any atom is -0.494 e. The Labute approximate surface area is 209 Å². The molecule has 192 valence electrons. The Bertz CT molecular complexity index is 1480. The highest BCUT2D eigenvalue weighted by Gasteiger charge is 2.63. The zero-order valence-electron chi connectivity index (χ0n) is 20.0. The first kappa shape index (κ1) is 24.5. The van der Waals surface area contributed by atoms with E-state index < -0.39 is 24.9 Å². The number of rotatable bonds is 6. The van der Waals surface area contributed by atoms with Gasteiger partial charge in [-0.3, -0.25) is 4.79 Å². The van der Waals surface area contributed by atoms with Crippen molar-refractivity contribution in [2.45, 2.75) is 25.2 Å². The van der Waals surface area contributed by atoms with Crippen LogP contribution in [-0.4, -0.2) is 51.6 Å². The van der Waals surface area contributed by atoms with Crippen molar-refractivity contribution in [3.63, 3.8) is 0 Å². The number of halogens is 4. The molecule has 1 aliphatic heterocycles. The first-order valence-electron chi connectivity index (χ1n) is 11.6. The van der Waals surface area contributed by atoms with Crippen LogP contribution in [0.4, 0.5) is 23.2 Å². The van der Waals surface area contributed by atoms with E-state index in [1.54, 1.807) is 23.1 Å². The number of aromatic nitrogens is 4. The van der Waals surface area contributed by atoms with Gasteiger partial charge in [0.1, 0.15) is 11.4 Å². The Kier molecular flexibility index (Phi) is 6.01. The number of anilines is 1. The molecule has 1 saturated heterocycles. The third kappa shape index (κ3) is 4.24. The molecule has 7 nitrogen and oxygen atoms in total. The van der Waals surface area contributed by atoms with Gasteiger partial charge in [0, 0.05) is 23.5 Å². The average molecular weight is 513 g/mol. The molecule has 0 N–H and O–H groups in total. The number of nitrogens with zero attached hydrogens (tertiary/aromatic N) is 5. The van der Waals surface area contributed by atoms with E-state index >= 15 is 0 Å². The van der Waals surface area contributed by atoms with Gasteiger partial charge in [-0.15, -0.1) is 0 Å². The third-order valence-electron chi connectivity index (χ3n) is 6.35. The molecule has 37 heavy (non-hydrogen) atoms. The third-order valence-corrected chi connectivity index (χ3v) is 6.35. The molecule has 0 saturated carbocycles. The van der Waals surface area contributed by atoms with Gasteiger partial charge in [0.25, 0.3) is 0 Å². The van der Waals surface area contributed by atoms with Gasteiger partial charge in [-0.1, -0.05) is 25.1 Å². The highest BCUT2D eigenvalue weighted by Crippen LogP contribution is 2.43. The molecular weight excluding hydrogens is 490 g/mol. The van der Waals surface area contributed by atoms with E-state index in [9.17, 15) is 22.4 Å². The summed E-state index contributed by atoms with van der Waals surface area (Å²) in [7, 11) is 1.38. The van der Waals surface area contributed by atoms with Crippen LogP contribution in [0.25, 0.3) is 22.8 Å². The fourth-order valence-electron chi connectivity index (χ4n) is 4.34. The van der Waals surface area contributed by atoms with E-state index in [4.69, 9.17) is 4.74 Å². The number of methoxy groups -OCH3 is 1. The summed E-state index contributed by atoms with van der Waals surface area (Å²) in [6.07, 6.45) is 3.57. The minimum absolute atomic E-state index is 0.158. The van der Waals surface area contributed by atoms with E-state index in [-0.39, 0.29) is 22.6 Å². The maximum Gasteiger partial charge on any atom is 0.329 e. The van der Waals surface area contributed by atoms with Crippen LogP contribution in [0, 0.1) is 0 Å². The highest BCUT2D eigenvalue weighted by atomic mass is 19.3. The van der Waals surface area contributed by atoms with Gasteiger partial charge in [0.05, 0.1) is 37.8 Å². The molecule has 2 aromatic carbocycles. The van der Waals surface area contributed by atoms with Crippen LogP contribution in [0.15, 0.2) is 71.8 Å². The molecular formula is C26H23F4N5O2. The Morgan fingerprint density at radius 1 is 0.973 bits per heavy atom. The topological polar surface area (TPSA) is 65.2 Å². The van der Waals surface area contributed by atoms with Crippen molar-refractivity contribution in [2.24, 2.45) is 0 Å². The number of benzene rings is 2. The van der Waals surface area contributed by atoms with Crippen molar-refractivity contribution in [3.05, 3.63) is 82.8 Å². The largest absolute Gasteiger partial charge is 0.494 e. The van der Waals surface area contributed by atoms with Gasteiger partial charge in [0.15, 0.2) is 5.69 Å². The van der Waals surface area contributed by atoms with Crippen LogP contribution in [0.1, 0.15) is 12.5 Å². The predicted octanol–water partition coefficient (Wildman–Crippen LogP) is 4.75. The summed E-state index contributed by atoms with van der Waals surface area (Å²) in [4.78, 5) is 14.2. The lowest BCUT2D eigenvalue weighted by Gasteiger charge is -2.20. The van der Waals surface area contributed by atoms with E-state index in [1.165, 1.54) is 30.0 Å². The molecule has 2 aromatic heterocycles. The smallest absolute Gasteiger partial charge is 0.329 e. The number of hydrogen-bond donors (Lipinski definition) is 0. The molecule has 0 unspecified atom stereocenters. The fraction of sp³-hybridized carbons (Fsp3) is 0.269. The van der Waals surface area contributed by atoms with Crippen LogP contribution in [0.2, 0.25) is 0 Å². The summed E-state index contributed by atoms with van der Waals surface area (Å²) in [5.41, 5.74) is 2.19. The molecule has 4 aromatic rings. The van der Waals surface area contributed by atoms with E-state index in [0.29, 0.717) is 23.4 Å². The monoisotopic (exact) mass is 513 g/mol. The van der Waals surface area contributed by atoms with Gasteiger partial charge < -0.3 is 9.64 Å². The van der Waals surface area contributed by atoms with Crippen molar-refractivity contribution in [1.29, 1.82) is 0 Å². The number of hydrogen-bond acceptors (Lipinski definition) is 5. The minimum atomic E-state index is -4.13. The van der Waals surface area contributed by atoms with Crippen LogP contribution in [0.5, 0.6) is 5.75 Å². The van der Waals surface area contributed by atoms with Crippen LogP contribution in [0.3, 0.4) is 0 Å². The fourth-order valence-corrected chi connectivity index (χ4v) is 4.34. The standard InChI is InChI=1S/C26H23F4N5O2/c1-3-17-14-34(32-23(24(17)36)21-11-12-31-35(21)18-7-5-4-6-8-18)20-10-9-19(13-22(20)37-2)33-15-25(27,28)26(29,30)16-33/h4-14H,3,15-16H2,1-2H3. The summed E-state index contributed by atoms with van der Waals surface area (Å²) in [6.45, 7) is -0.369. The van der Waals surface area contributed by atoms with E-state index in [0.717, 1.165) is 10.6 Å². The molecule has 0 radical (unpaired) electrons. The van der Waals surface area contributed by atoms with Crippen molar-refractivity contribution in [2.75, 3.05) is 25.1 Å². The maximum absolute atomic E-state index is 13.8. The lowest BCUT2D eigenvalue weighted by molar-refractivity contribution is -0.172. The van der Waals surface area contributed by atoms with Crippen LogP contribution in [-0.2, 0) is 6.42 Å². The molecule has 1 fully saturated rings. The Hall–Kier alpha value is -4.15. The lowest BCUT2D eigenvalue weighted by Crippen LogP contribution is -2.38. The van der Waals surface area contributed by atoms with Gasteiger partial charge >= 0.3 is 11.8 Å². The van der Waals surface area contributed by atoms with Crippen molar-refractivity contribution in [1.82, 2.24) is 19.6 Å². The van der Waals surface area contributed by atoms with E-state index in [1.807, 2.05) is 37.3 Å². The van der Waals surface area contributed by atoms with Gasteiger partial charge in [-0.2, -0.15) is 27.8 Å². The molecule has 1 aliphatic rings. The molecule has 0 spiro atoms. The second-order valence-corrected chi connectivity index (χ2v) is 8.72. The number of para-hydroxylation sites is 1. The molecule has 0 aliphatic carbocycles. The second kappa shape index (κ2) is 9.06. The number of ether oxygens (including phenoxy) is 1. The summed E-state index contributed by atoms with van der Waals surface area (Å²) in [6, 6.07) is 15.4. The summed E-state index contributed by atoms with van der Waals surface area (Å²) in [5, 5.41) is 8.92. The zero-order valence-corrected chi connectivity index (χ0v) is 20.0. The molecule has 0 amide bonds. The van der Waals surface area contributed by atoms with Crippen molar-refractivity contribution >= 4 is 5.69 Å². The molecule has 0 atom stereocenters. The van der Waals surface area contributed by atoms with Crippen LogP contribution >= 0.6 is 0 Å². The number of aryl methyl sites for hydroxylation is 1. The summed E-state index contributed by atoms with van der Waals surface area (Å²) < 4.78 is 63.6. The summed E-state index contributed by atoms with van der Waals surface area (Å²) >= 11 is 0. The second-order valence-electron chi connectivity index (χ2n) is 8.72. The van der Waals surface area contributed by atoms with Gasteiger partial charge in [-0.25, -0.2) is 9.36 Å². The van der Waals surface area contributed by atoms with Gasteiger partial charge in [0.2, 0.25) is 5.43 Å². The number of alkyl halides is 4. The first-order chi connectivity index (χ1) is 17.6. The molecule has 0 bridgehead atoms. The van der Waals surface area contributed by atoms with Crippen molar-refractivity contribution in [3.8, 4) is 28.5 Å². The van der Waals surface area contributed by atoms with Crippen LogP contribution < -0.4 is 15.1 Å². The first-order valence-corrected chi connectivity index (χ1v) is 11.6. The Balaban J connectivity index is 1.60. The normalized spacial score (nSPS) is 16.2. The predicted molar refractivity (Wildman–Crippen MR) is 130 cm³/mol. The SMILES string of the molecule is CCc1cn(-c2ccc(N3CC(F)(F)C(F)(F)C3)cc2OC)nc(-c2ccnn2-c2ccccc2)c1=O. The van der Waals surface area contributed by atoms with Gasteiger partial charge in [-0.05, 0) is 36.8 Å². The Morgan fingerprint density at radius 3 is 2.32 bits per heavy atom.